The molecule has 0 spiro atoms. The summed E-state index contributed by atoms with van der Waals surface area (Å²) in [4.78, 5) is 25.5. The lowest BCUT2D eigenvalue weighted by Crippen LogP contribution is -2.39. The Kier molecular flexibility index (Phi) is 5.79. The number of ether oxygens (including phenoxy) is 2. The van der Waals surface area contributed by atoms with Crippen molar-refractivity contribution in [2.24, 2.45) is 0 Å². The minimum Gasteiger partial charge on any atom is -0.465 e. The lowest BCUT2D eigenvalue weighted by molar-refractivity contribution is 0.0595. The predicted octanol–water partition coefficient (Wildman–Crippen LogP) is 2.91. The van der Waals surface area contributed by atoms with Gasteiger partial charge in [-0.2, -0.15) is 0 Å². The van der Waals surface area contributed by atoms with E-state index in [9.17, 15) is 14.0 Å². The number of anilines is 1. The highest BCUT2D eigenvalue weighted by atomic mass is 35.5. The zero-order valence-corrected chi connectivity index (χ0v) is 13.7. The number of halogens is 2. The van der Waals surface area contributed by atoms with Crippen LogP contribution in [0.4, 0.5) is 14.9 Å². The summed E-state index contributed by atoms with van der Waals surface area (Å²) < 4.78 is 23.8. The fourth-order valence-corrected chi connectivity index (χ4v) is 2.52. The van der Waals surface area contributed by atoms with Gasteiger partial charge in [0.15, 0.2) is 5.82 Å². The molecule has 1 saturated heterocycles. The van der Waals surface area contributed by atoms with Crippen molar-refractivity contribution in [3.05, 3.63) is 28.5 Å². The Labute approximate surface area is 138 Å². The van der Waals surface area contributed by atoms with Crippen molar-refractivity contribution in [2.75, 3.05) is 32.1 Å². The summed E-state index contributed by atoms with van der Waals surface area (Å²) in [7, 11) is 1.14. The smallest absolute Gasteiger partial charge is 0.340 e. The molecule has 0 aliphatic carbocycles. The molecule has 0 aromatic heterocycles. The van der Waals surface area contributed by atoms with Crippen LogP contribution in [0.1, 0.15) is 23.7 Å². The topological polar surface area (TPSA) is 67.9 Å². The highest BCUT2D eigenvalue weighted by Gasteiger charge is 2.22. The normalized spacial score (nSPS) is 18.3. The third kappa shape index (κ3) is 4.33. The summed E-state index contributed by atoms with van der Waals surface area (Å²) in [6.07, 6.45) is 0.667. The Hall–Kier alpha value is -1.86. The van der Waals surface area contributed by atoms with Crippen molar-refractivity contribution in [3.63, 3.8) is 0 Å². The molecule has 23 heavy (non-hydrogen) atoms. The quantitative estimate of drug-likeness (QED) is 0.838. The van der Waals surface area contributed by atoms with Crippen LogP contribution in [0.25, 0.3) is 0 Å². The first kappa shape index (κ1) is 17.5. The van der Waals surface area contributed by atoms with Crippen LogP contribution in [0.5, 0.6) is 0 Å². The minimum atomic E-state index is -0.881. The summed E-state index contributed by atoms with van der Waals surface area (Å²) in [5, 5.41) is 2.35. The SMILES string of the molecule is COC(=O)c1cc(NC(=O)N2CCCO[C@@H](C)C2)cc(Cl)c1F. The predicted molar refractivity (Wildman–Crippen MR) is 83.4 cm³/mol. The van der Waals surface area contributed by atoms with Crippen LogP contribution < -0.4 is 5.32 Å². The summed E-state index contributed by atoms with van der Waals surface area (Å²) in [6, 6.07) is 2.09. The zero-order chi connectivity index (χ0) is 17.0. The third-order valence-corrected chi connectivity index (χ3v) is 3.70. The van der Waals surface area contributed by atoms with Gasteiger partial charge in [0.05, 0.1) is 23.8 Å². The molecule has 1 aliphatic heterocycles. The van der Waals surface area contributed by atoms with Crippen molar-refractivity contribution < 1.29 is 23.5 Å². The van der Waals surface area contributed by atoms with Gasteiger partial charge in [0, 0.05) is 25.4 Å². The number of nitrogens with zero attached hydrogens (tertiary/aromatic N) is 1. The average molecular weight is 345 g/mol. The molecule has 1 aromatic rings. The van der Waals surface area contributed by atoms with Crippen LogP contribution >= 0.6 is 11.6 Å². The Balaban J connectivity index is 2.17. The molecular weight excluding hydrogens is 327 g/mol. The van der Waals surface area contributed by atoms with E-state index in [1.54, 1.807) is 4.90 Å². The highest BCUT2D eigenvalue weighted by molar-refractivity contribution is 6.31. The molecule has 1 fully saturated rings. The molecule has 126 valence electrons. The Morgan fingerprint density at radius 2 is 2.22 bits per heavy atom. The van der Waals surface area contributed by atoms with E-state index in [0.717, 1.165) is 13.5 Å². The van der Waals surface area contributed by atoms with E-state index in [1.165, 1.54) is 12.1 Å². The molecule has 2 rings (SSSR count). The second-order valence-corrected chi connectivity index (χ2v) is 5.63. The van der Waals surface area contributed by atoms with Gasteiger partial charge in [-0.15, -0.1) is 0 Å². The maximum absolute atomic E-state index is 13.8. The van der Waals surface area contributed by atoms with Gasteiger partial charge in [-0.05, 0) is 25.5 Å². The van der Waals surface area contributed by atoms with E-state index in [-0.39, 0.29) is 28.4 Å². The van der Waals surface area contributed by atoms with Crippen molar-refractivity contribution >= 4 is 29.3 Å². The van der Waals surface area contributed by atoms with Crippen molar-refractivity contribution in [1.29, 1.82) is 0 Å². The lowest BCUT2D eigenvalue weighted by atomic mass is 10.2. The number of esters is 1. The van der Waals surface area contributed by atoms with Gasteiger partial charge in [-0.25, -0.2) is 14.0 Å². The molecule has 0 saturated carbocycles. The molecule has 1 N–H and O–H groups in total. The molecule has 1 aromatic carbocycles. The van der Waals surface area contributed by atoms with E-state index in [2.05, 4.69) is 10.1 Å². The van der Waals surface area contributed by atoms with Gasteiger partial charge < -0.3 is 19.7 Å². The zero-order valence-electron chi connectivity index (χ0n) is 12.9. The first-order chi connectivity index (χ1) is 10.9. The van der Waals surface area contributed by atoms with Gasteiger partial charge >= 0.3 is 12.0 Å². The maximum Gasteiger partial charge on any atom is 0.340 e. The summed E-state index contributed by atoms with van der Waals surface area (Å²) in [5.74, 6) is -1.74. The summed E-state index contributed by atoms with van der Waals surface area (Å²) in [5.41, 5.74) is -0.109. The third-order valence-electron chi connectivity index (χ3n) is 3.42. The van der Waals surface area contributed by atoms with Crippen LogP contribution in [0.2, 0.25) is 5.02 Å². The van der Waals surface area contributed by atoms with Gasteiger partial charge in [-0.1, -0.05) is 11.6 Å². The minimum absolute atomic E-state index is 0.0642. The van der Waals surface area contributed by atoms with E-state index < -0.39 is 11.8 Å². The molecule has 0 bridgehead atoms. The Bertz CT molecular complexity index is 611. The van der Waals surface area contributed by atoms with E-state index in [0.29, 0.717) is 19.7 Å². The number of hydrogen-bond donors (Lipinski definition) is 1. The van der Waals surface area contributed by atoms with E-state index >= 15 is 0 Å². The van der Waals surface area contributed by atoms with Crippen molar-refractivity contribution in [3.8, 4) is 0 Å². The monoisotopic (exact) mass is 344 g/mol. The number of rotatable bonds is 2. The van der Waals surface area contributed by atoms with Gasteiger partial charge in [0.1, 0.15) is 0 Å². The van der Waals surface area contributed by atoms with Crippen molar-refractivity contribution in [1.82, 2.24) is 4.90 Å². The van der Waals surface area contributed by atoms with Crippen LogP contribution in [-0.2, 0) is 9.47 Å². The lowest BCUT2D eigenvalue weighted by Gasteiger charge is -2.22. The Morgan fingerprint density at radius 3 is 2.91 bits per heavy atom. The molecule has 0 unspecified atom stereocenters. The number of carbonyl (C=O) groups is 2. The molecule has 1 aliphatic rings. The number of nitrogens with one attached hydrogen (secondary N) is 1. The van der Waals surface area contributed by atoms with Crippen LogP contribution in [0.15, 0.2) is 12.1 Å². The molecule has 1 atom stereocenters. The van der Waals surface area contributed by atoms with Crippen molar-refractivity contribution in [2.45, 2.75) is 19.4 Å². The highest BCUT2D eigenvalue weighted by Crippen LogP contribution is 2.25. The van der Waals surface area contributed by atoms with Gasteiger partial charge in [0.2, 0.25) is 0 Å². The first-order valence-electron chi connectivity index (χ1n) is 7.17. The van der Waals surface area contributed by atoms with Crippen LogP contribution in [0, 0.1) is 5.82 Å². The van der Waals surface area contributed by atoms with Crippen LogP contribution in [0.3, 0.4) is 0 Å². The summed E-state index contributed by atoms with van der Waals surface area (Å²) in [6.45, 7) is 3.48. The van der Waals surface area contributed by atoms with Gasteiger partial charge in [0.25, 0.3) is 0 Å². The number of carbonyl (C=O) groups excluding carboxylic acids is 2. The largest absolute Gasteiger partial charge is 0.465 e. The number of hydrogen-bond acceptors (Lipinski definition) is 4. The summed E-state index contributed by atoms with van der Waals surface area (Å²) >= 11 is 5.77. The molecule has 8 heteroatoms. The fraction of sp³-hybridized carbons (Fsp3) is 0.467. The van der Waals surface area contributed by atoms with Gasteiger partial charge in [-0.3, -0.25) is 0 Å². The Morgan fingerprint density at radius 1 is 1.48 bits per heavy atom. The standard InChI is InChI=1S/C15H18ClFN2O4/c1-9-8-19(4-3-5-23-9)15(21)18-10-6-11(14(20)22-2)13(17)12(16)7-10/h6-7,9H,3-5,8H2,1-2H3,(H,18,21)/t9-/m0/s1. The number of methoxy groups -OCH3 is 1. The number of urea groups is 1. The molecular formula is C15H18ClFN2O4. The van der Waals surface area contributed by atoms with E-state index in [1.807, 2.05) is 6.92 Å². The molecule has 1 heterocycles. The van der Waals surface area contributed by atoms with Crippen LogP contribution in [-0.4, -0.2) is 49.8 Å². The van der Waals surface area contributed by atoms with E-state index in [4.69, 9.17) is 16.3 Å². The second-order valence-electron chi connectivity index (χ2n) is 5.22. The molecule has 0 radical (unpaired) electrons. The first-order valence-corrected chi connectivity index (χ1v) is 7.55. The molecule has 6 nitrogen and oxygen atoms in total. The fourth-order valence-electron chi connectivity index (χ4n) is 2.30. The number of benzene rings is 1. The maximum atomic E-state index is 13.8. The second kappa shape index (κ2) is 7.61. The number of amides is 2. The average Bonchev–Trinajstić information content (AvgIpc) is 2.74. The molecule has 2 amide bonds.